The van der Waals surface area contributed by atoms with E-state index in [0.29, 0.717) is 36.8 Å². The topological polar surface area (TPSA) is 65.4 Å². The zero-order valence-corrected chi connectivity index (χ0v) is 16.0. The minimum absolute atomic E-state index is 0.141. The molecule has 3 heterocycles. The number of nitrogens with one attached hydrogen (secondary N) is 1. The van der Waals surface area contributed by atoms with E-state index in [4.69, 9.17) is 14.5 Å². The highest BCUT2D eigenvalue weighted by Gasteiger charge is 2.23. The van der Waals surface area contributed by atoms with Gasteiger partial charge in [0.1, 0.15) is 13.2 Å². The molecule has 3 aromatic rings. The molecule has 2 aliphatic rings. The standard InChI is InChI=1S/C21H19N3O3S/c25-20(15-6-7-17-18(12-15)27-10-9-26-17)22-13-16-19(14-4-2-1-3-5-14)23-21-24(16)8-11-28-21/h1-7,12H,8-11,13H2,(H,22,25). The Bertz CT molecular complexity index is 1030. The number of thioether (sulfide) groups is 1. The first-order valence-corrected chi connectivity index (χ1v) is 10.2. The highest BCUT2D eigenvalue weighted by molar-refractivity contribution is 7.99. The van der Waals surface area contributed by atoms with Crippen molar-refractivity contribution in [3.63, 3.8) is 0 Å². The predicted molar refractivity (Wildman–Crippen MR) is 107 cm³/mol. The Kier molecular flexibility index (Phi) is 4.44. The van der Waals surface area contributed by atoms with E-state index in [0.717, 1.165) is 34.4 Å². The van der Waals surface area contributed by atoms with Gasteiger partial charge in [-0.3, -0.25) is 4.79 Å². The highest BCUT2D eigenvalue weighted by atomic mass is 32.2. The number of carbonyl (C=O) groups is 1. The molecule has 142 valence electrons. The van der Waals surface area contributed by atoms with Crippen LogP contribution < -0.4 is 14.8 Å². The third-order valence-electron chi connectivity index (χ3n) is 4.85. The van der Waals surface area contributed by atoms with Crippen LogP contribution in [0.25, 0.3) is 11.3 Å². The monoisotopic (exact) mass is 393 g/mol. The van der Waals surface area contributed by atoms with Gasteiger partial charge in [0.15, 0.2) is 16.7 Å². The van der Waals surface area contributed by atoms with Crippen LogP contribution in [0, 0.1) is 0 Å². The number of nitrogens with zero attached hydrogens (tertiary/aromatic N) is 2. The molecule has 0 fully saturated rings. The molecule has 1 N–H and O–H groups in total. The van der Waals surface area contributed by atoms with Gasteiger partial charge in [0.05, 0.1) is 17.9 Å². The van der Waals surface area contributed by atoms with Gasteiger partial charge in [-0.25, -0.2) is 4.98 Å². The van der Waals surface area contributed by atoms with Crippen molar-refractivity contribution in [3.05, 3.63) is 59.8 Å². The van der Waals surface area contributed by atoms with Gasteiger partial charge in [-0.15, -0.1) is 0 Å². The lowest BCUT2D eigenvalue weighted by Crippen LogP contribution is -2.25. The minimum atomic E-state index is -0.141. The van der Waals surface area contributed by atoms with Crippen LogP contribution >= 0.6 is 11.8 Å². The number of hydrogen-bond acceptors (Lipinski definition) is 5. The Hall–Kier alpha value is -2.93. The van der Waals surface area contributed by atoms with Gasteiger partial charge in [-0.05, 0) is 18.2 Å². The largest absolute Gasteiger partial charge is 0.486 e. The first-order valence-electron chi connectivity index (χ1n) is 9.25. The zero-order valence-electron chi connectivity index (χ0n) is 15.2. The van der Waals surface area contributed by atoms with Gasteiger partial charge in [-0.1, -0.05) is 42.1 Å². The molecule has 0 atom stereocenters. The summed E-state index contributed by atoms with van der Waals surface area (Å²) in [6.45, 7) is 2.36. The molecule has 0 radical (unpaired) electrons. The maximum absolute atomic E-state index is 12.7. The van der Waals surface area contributed by atoms with Crippen molar-refractivity contribution in [1.29, 1.82) is 0 Å². The quantitative estimate of drug-likeness (QED) is 0.736. The van der Waals surface area contributed by atoms with Crippen LogP contribution in [0.15, 0.2) is 53.7 Å². The summed E-state index contributed by atoms with van der Waals surface area (Å²) in [6.07, 6.45) is 0. The first-order chi connectivity index (χ1) is 13.8. The minimum Gasteiger partial charge on any atom is -0.486 e. The maximum Gasteiger partial charge on any atom is 0.251 e. The van der Waals surface area contributed by atoms with Crippen LogP contribution in [0.5, 0.6) is 11.5 Å². The van der Waals surface area contributed by atoms with Crippen molar-refractivity contribution in [1.82, 2.24) is 14.9 Å². The predicted octanol–water partition coefficient (Wildman–Crippen LogP) is 3.36. The number of fused-ring (bicyclic) bond motifs is 2. The zero-order chi connectivity index (χ0) is 18.9. The lowest BCUT2D eigenvalue weighted by Gasteiger charge is -2.18. The molecule has 0 saturated carbocycles. The van der Waals surface area contributed by atoms with Crippen molar-refractivity contribution in [2.45, 2.75) is 18.2 Å². The third-order valence-corrected chi connectivity index (χ3v) is 5.81. The highest BCUT2D eigenvalue weighted by Crippen LogP contribution is 2.33. The van der Waals surface area contributed by atoms with E-state index >= 15 is 0 Å². The van der Waals surface area contributed by atoms with Crippen molar-refractivity contribution in [2.24, 2.45) is 0 Å². The average molecular weight is 393 g/mol. The number of benzene rings is 2. The van der Waals surface area contributed by atoms with Crippen LogP contribution in [0.3, 0.4) is 0 Å². The summed E-state index contributed by atoms with van der Waals surface area (Å²) in [4.78, 5) is 17.5. The number of aromatic nitrogens is 2. The van der Waals surface area contributed by atoms with Crippen LogP contribution in [-0.4, -0.2) is 34.4 Å². The molecule has 7 heteroatoms. The van der Waals surface area contributed by atoms with Gasteiger partial charge < -0.3 is 19.4 Å². The van der Waals surface area contributed by atoms with Crippen molar-refractivity contribution in [2.75, 3.05) is 19.0 Å². The molecule has 2 aromatic carbocycles. The average Bonchev–Trinajstić information content (AvgIpc) is 3.34. The molecule has 0 spiro atoms. The summed E-state index contributed by atoms with van der Waals surface area (Å²) in [5, 5.41) is 4.06. The molecule has 0 unspecified atom stereocenters. The van der Waals surface area contributed by atoms with E-state index in [1.807, 2.05) is 18.2 Å². The number of ether oxygens (including phenoxy) is 2. The molecule has 1 aromatic heterocycles. The van der Waals surface area contributed by atoms with Crippen LogP contribution in [0.2, 0.25) is 0 Å². The molecule has 0 aliphatic carbocycles. The van der Waals surface area contributed by atoms with Crippen molar-refractivity contribution in [3.8, 4) is 22.8 Å². The van der Waals surface area contributed by atoms with E-state index in [1.54, 1.807) is 30.0 Å². The summed E-state index contributed by atoms with van der Waals surface area (Å²) < 4.78 is 13.3. The second kappa shape index (κ2) is 7.24. The summed E-state index contributed by atoms with van der Waals surface area (Å²) in [5.41, 5.74) is 3.59. The molecule has 0 bridgehead atoms. The smallest absolute Gasteiger partial charge is 0.251 e. The van der Waals surface area contributed by atoms with E-state index < -0.39 is 0 Å². The number of carbonyl (C=O) groups excluding carboxylic acids is 1. The Balaban J connectivity index is 1.39. The molecule has 1 amide bonds. The Morgan fingerprint density at radius 1 is 1.11 bits per heavy atom. The van der Waals surface area contributed by atoms with Gasteiger partial charge >= 0.3 is 0 Å². The van der Waals surface area contributed by atoms with Gasteiger partial charge in [0, 0.05) is 23.4 Å². The molecule has 0 saturated heterocycles. The maximum atomic E-state index is 12.7. The number of imidazole rings is 1. The van der Waals surface area contributed by atoms with E-state index in [-0.39, 0.29) is 5.91 Å². The fraction of sp³-hybridized carbons (Fsp3) is 0.238. The van der Waals surface area contributed by atoms with Crippen molar-refractivity contribution >= 4 is 17.7 Å². The normalized spacial score (nSPS) is 14.6. The van der Waals surface area contributed by atoms with E-state index in [1.165, 1.54) is 0 Å². The van der Waals surface area contributed by atoms with Gasteiger partial charge in [-0.2, -0.15) is 0 Å². The summed E-state index contributed by atoms with van der Waals surface area (Å²) in [7, 11) is 0. The second-order valence-electron chi connectivity index (χ2n) is 6.60. The Morgan fingerprint density at radius 3 is 2.79 bits per heavy atom. The fourth-order valence-corrected chi connectivity index (χ4v) is 4.46. The van der Waals surface area contributed by atoms with Gasteiger partial charge in [0.2, 0.25) is 0 Å². The van der Waals surface area contributed by atoms with Crippen LogP contribution in [0.4, 0.5) is 0 Å². The molecule has 2 aliphatic heterocycles. The van der Waals surface area contributed by atoms with Crippen LogP contribution in [0.1, 0.15) is 16.1 Å². The van der Waals surface area contributed by atoms with Gasteiger partial charge in [0.25, 0.3) is 5.91 Å². The SMILES string of the molecule is O=C(NCc1c(-c2ccccc2)nc2n1CCS2)c1ccc2c(c1)OCCO2. The Labute approximate surface area is 166 Å². The molecule has 5 rings (SSSR count). The number of amides is 1. The second-order valence-corrected chi connectivity index (χ2v) is 7.66. The molecule has 6 nitrogen and oxygen atoms in total. The summed E-state index contributed by atoms with van der Waals surface area (Å²) in [5.74, 6) is 2.17. The lowest BCUT2D eigenvalue weighted by atomic mass is 10.1. The van der Waals surface area contributed by atoms with E-state index in [2.05, 4.69) is 22.0 Å². The van der Waals surface area contributed by atoms with E-state index in [9.17, 15) is 4.79 Å². The lowest BCUT2D eigenvalue weighted by molar-refractivity contribution is 0.0949. The Morgan fingerprint density at radius 2 is 1.93 bits per heavy atom. The summed E-state index contributed by atoms with van der Waals surface area (Å²) >= 11 is 1.75. The number of hydrogen-bond donors (Lipinski definition) is 1. The van der Waals surface area contributed by atoms with Crippen LogP contribution in [-0.2, 0) is 13.1 Å². The summed E-state index contributed by atoms with van der Waals surface area (Å²) in [6, 6.07) is 15.4. The molecule has 28 heavy (non-hydrogen) atoms. The molecular formula is C21H19N3O3S. The third kappa shape index (κ3) is 3.11. The fourth-order valence-electron chi connectivity index (χ4n) is 3.49. The van der Waals surface area contributed by atoms with Crippen molar-refractivity contribution < 1.29 is 14.3 Å². The number of rotatable bonds is 4. The molecular weight excluding hydrogens is 374 g/mol. The first kappa shape index (κ1) is 17.2.